The summed E-state index contributed by atoms with van der Waals surface area (Å²) in [6.07, 6.45) is 0. The number of methoxy groups -OCH3 is 1. The molecule has 0 fully saturated rings. The van der Waals surface area contributed by atoms with E-state index in [4.69, 9.17) is 10.5 Å². The highest BCUT2D eigenvalue weighted by atomic mass is 79.9. The summed E-state index contributed by atoms with van der Waals surface area (Å²) in [7, 11) is -2.52. The van der Waals surface area contributed by atoms with Crippen LogP contribution in [0.3, 0.4) is 0 Å². The van der Waals surface area contributed by atoms with Crippen LogP contribution in [0.4, 0.5) is 15.8 Å². The van der Waals surface area contributed by atoms with Gasteiger partial charge in [-0.2, -0.15) is 0 Å². The normalized spacial score (nSPS) is 11.2. The third-order valence-corrected chi connectivity index (χ3v) is 4.78. The molecule has 2 rings (SSSR count). The number of nitrogens with one attached hydrogen (secondary N) is 1. The zero-order valence-corrected chi connectivity index (χ0v) is 13.3. The summed E-state index contributed by atoms with van der Waals surface area (Å²) in [5, 5.41) is 0. The van der Waals surface area contributed by atoms with E-state index < -0.39 is 15.8 Å². The second-order valence-electron chi connectivity index (χ2n) is 4.14. The van der Waals surface area contributed by atoms with Crippen molar-refractivity contribution in [2.24, 2.45) is 0 Å². The lowest BCUT2D eigenvalue weighted by molar-refractivity contribution is 0.387. The number of hydrogen-bond acceptors (Lipinski definition) is 4. The smallest absolute Gasteiger partial charge is 0.261 e. The van der Waals surface area contributed by atoms with Crippen LogP contribution in [0.5, 0.6) is 5.75 Å². The zero-order chi connectivity index (χ0) is 15.6. The standard InChI is InChI=1S/C13H12BrFN2O3S/c1-20-13-6-8(2-5-11(13)15)17-21(18,19)9-3-4-10(14)12(16)7-9/h2-7,17H,16H2,1H3. The minimum Gasteiger partial charge on any atom is -0.494 e. The highest BCUT2D eigenvalue weighted by Gasteiger charge is 2.16. The molecule has 2 aromatic carbocycles. The summed E-state index contributed by atoms with van der Waals surface area (Å²) < 4.78 is 45.5. The number of nitrogens with two attached hydrogens (primary N) is 1. The van der Waals surface area contributed by atoms with Crippen LogP contribution in [0.25, 0.3) is 0 Å². The average Bonchev–Trinajstić information content (AvgIpc) is 2.43. The van der Waals surface area contributed by atoms with E-state index in [0.29, 0.717) is 10.2 Å². The number of rotatable bonds is 4. The van der Waals surface area contributed by atoms with Crippen molar-refractivity contribution in [3.63, 3.8) is 0 Å². The lowest BCUT2D eigenvalue weighted by atomic mass is 10.3. The third kappa shape index (κ3) is 3.45. The van der Waals surface area contributed by atoms with Crippen LogP contribution in [0.15, 0.2) is 45.8 Å². The number of ether oxygens (including phenoxy) is 1. The summed E-state index contributed by atoms with van der Waals surface area (Å²) in [4.78, 5) is 0.00601. The quantitative estimate of drug-likeness (QED) is 0.806. The van der Waals surface area contributed by atoms with Gasteiger partial charge in [-0.25, -0.2) is 12.8 Å². The Morgan fingerprint density at radius 3 is 2.57 bits per heavy atom. The molecule has 3 N–H and O–H groups in total. The van der Waals surface area contributed by atoms with Crippen molar-refractivity contribution in [3.8, 4) is 5.75 Å². The van der Waals surface area contributed by atoms with E-state index in [0.717, 1.165) is 6.07 Å². The molecule has 112 valence electrons. The Labute approximate surface area is 130 Å². The Bertz CT molecular complexity index is 781. The van der Waals surface area contributed by atoms with E-state index in [1.54, 1.807) is 0 Å². The minimum absolute atomic E-state index is 0.00601. The van der Waals surface area contributed by atoms with Crippen LogP contribution < -0.4 is 15.2 Å². The molecule has 0 unspecified atom stereocenters. The van der Waals surface area contributed by atoms with Gasteiger partial charge in [0.2, 0.25) is 0 Å². The lowest BCUT2D eigenvalue weighted by Gasteiger charge is -2.10. The van der Waals surface area contributed by atoms with Crippen LogP contribution in [0.2, 0.25) is 0 Å². The summed E-state index contributed by atoms with van der Waals surface area (Å²) in [5.74, 6) is -0.626. The van der Waals surface area contributed by atoms with Crippen LogP contribution in [0.1, 0.15) is 0 Å². The number of hydrogen-bond donors (Lipinski definition) is 2. The van der Waals surface area contributed by atoms with Crippen molar-refractivity contribution in [1.82, 2.24) is 0 Å². The molecule has 8 heteroatoms. The minimum atomic E-state index is -3.82. The van der Waals surface area contributed by atoms with E-state index in [1.807, 2.05) is 0 Å². The molecular weight excluding hydrogens is 363 g/mol. The van der Waals surface area contributed by atoms with E-state index in [9.17, 15) is 12.8 Å². The first-order valence-electron chi connectivity index (χ1n) is 5.75. The molecule has 2 aromatic rings. The Hall–Kier alpha value is -1.80. The van der Waals surface area contributed by atoms with E-state index in [1.165, 1.54) is 37.4 Å². The second-order valence-corrected chi connectivity index (χ2v) is 6.67. The summed E-state index contributed by atoms with van der Waals surface area (Å²) >= 11 is 3.19. The number of sulfonamides is 1. The van der Waals surface area contributed by atoms with Crippen molar-refractivity contribution >= 4 is 37.3 Å². The fraction of sp³-hybridized carbons (Fsp3) is 0.0769. The largest absolute Gasteiger partial charge is 0.494 e. The summed E-state index contributed by atoms with van der Waals surface area (Å²) in [5.41, 5.74) is 6.16. The maximum absolute atomic E-state index is 13.3. The number of anilines is 2. The van der Waals surface area contributed by atoms with Crippen LogP contribution in [-0.2, 0) is 10.0 Å². The Morgan fingerprint density at radius 2 is 1.95 bits per heavy atom. The predicted octanol–water partition coefficient (Wildman–Crippen LogP) is 2.98. The fourth-order valence-corrected chi connectivity index (χ4v) is 2.96. The van der Waals surface area contributed by atoms with Crippen molar-refractivity contribution in [1.29, 1.82) is 0 Å². The van der Waals surface area contributed by atoms with E-state index >= 15 is 0 Å². The molecular formula is C13H12BrFN2O3S. The van der Waals surface area contributed by atoms with Crippen LogP contribution in [0, 0.1) is 5.82 Å². The summed E-state index contributed by atoms with van der Waals surface area (Å²) in [6.45, 7) is 0. The molecule has 0 bridgehead atoms. The van der Waals surface area contributed by atoms with Gasteiger partial charge in [-0.05, 0) is 46.3 Å². The first-order chi connectivity index (χ1) is 9.83. The van der Waals surface area contributed by atoms with Gasteiger partial charge >= 0.3 is 0 Å². The Morgan fingerprint density at radius 1 is 1.24 bits per heavy atom. The molecule has 0 amide bonds. The maximum atomic E-state index is 13.3. The number of halogens is 2. The predicted molar refractivity (Wildman–Crippen MR) is 82.3 cm³/mol. The molecule has 0 radical (unpaired) electrons. The fourth-order valence-electron chi connectivity index (χ4n) is 1.63. The Balaban J connectivity index is 2.35. The monoisotopic (exact) mass is 374 g/mol. The molecule has 0 saturated carbocycles. The van der Waals surface area contributed by atoms with Crippen molar-refractivity contribution in [2.45, 2.75) is 4.90 Å². The molecule has 0 atom stereocenters. The van der Waals surface area contributed by atoms with Gasteiger partial charge in [-0.3, -0.25) is 4.72 Å². The molecule has 0 aliphatic heterocycles. The zero-order valence-electron chi connectivity index (χ0n) is 10.9. The number of nitrogen functional groups attached to an aromatic ring is 1. The van der Waals surface area contributed by atoms with Gasteiger partial charge in [0.1, 0.15) is 0 Å². The molecule has 0 saturated heterocycles. The molecule has 0 heterocycles. The first-order valence-corrected chi connectivity index (χ1v) is 8.02. The van der Waals surface area contributed by atoms with E-state index in [2.05, 4.69) is 20.7 Å². The summed E-state index contributed by atoms with van der Waals surface area (Å²) in [6, 6.07) is 7.95. The number of benzene rings is 2. The van der Waals surface area contributed by atoms with Crippen molar-refractivity contribution < 1.29 is 17.5 Å². The molecule has 0 aliphatic rings. The van der Waals surface area contributed by atoms with Crippen molar-refractivity contribution in [2.75, 3.05) is 17.6 Å². The molecule has 0 spiro atoms. The highest BCUT2D eigenvalue weighted by Crippen LogP contribution is 2.26. The first kappa shape index (κ1) is 15.6. The maximum Gasteiger partial charge on any atom is 0.261 e. The SMILES string of the molecule is COc1cc(NS(=O)(=O)c2ccc(Br)c(N)c2)ccc1F. The van der Waals surface area contributed by atoms with Gasteiger partial charge in [0.05, 0.1) is 17.7 Å². The molecule has 0 aromatic heterocycles. The topological polar surface area (TPSA) is 81.4 Å². The van der Waals surface area contributed by atoms with Gasteiger partial charge in [-0.15, -0.1) is 0 Å². The average molecular weight is 375 g/mol. The van der Waals surface area contributed by atoms with Crippen molar-refractivity contribution in [3.05, 3.63) is 46.7 Å². The van der Waals surface area contributed by atoms with Gasteiger partial charge in [0.15, 0.2) is 11.6 Å². The highest BCUT2D eigenvalue weighted by molar-refractivity contribution is 9.10. The van der Waals surface area contributed by atoms with Gasteiger partial charge in [-0.1, -0.05) is 0 Å². The van der Waals surface area contributed by atoms with Gasteiger partial charge < -0.3 is 10.5 Å². The van der Waals surface area contributed by atoms with Crippen LogP contribution in [-0.4, -0.2) is 15.5 Å². The molecule has 5 nitrogen and oxygen atoms in total. The van der Waals surface area contributed by atoms with Crippen LogP contribution >= 0.6 is 15.9 Å². The van der Waals surface area contributed by atoms with Gasteiger partial charge in [0.25, 0.3) is 10.0 Å². The third-order valence-electron chi connectivity index (χ3n) is 2.68. The Kier molecular flexibility index (Phi) is 4.38. The molecule has 21 heavy (non-hydrogen) atoms. The van der Waals surface area contributed by atoms with Gasteiger partial charge in [0, 0.05) is 16.2 Å². The molecule has 0 aliphatic carbocycles. The van der Waals surface area contributed by atoms with E-state index in [-0.39, 0.29) is 16.3 Å². The lowest BCUT2D eigenvalue weighted by Crippen LogP contribution is -2.13. The second kappa shape index (κ2) is 5.90.